The van der Waals surface area contributed by atoms with Crippen LogP contribution in [-0.2, 0) is 24.9 Å². The van der Waals surface area contributed by atoms with Gasteiger partial charge in [-0.1, -0.05) is 71.5 Å². The fourth-order valence-electron chi connectivity index (χ4n) is 2.11. The minimum absolute atomic E-state index is 0. The van der Waals surface area contributed by atoms with Gasteiger partial charge in [0, 0.05) is 0 Å². The molecule has 3 heteroatoms. The minimum Gasteiger partial charge on any atom is -0.664 e. The average Bonchev–Trinajstić information content (AvgIpc) is 2.75. The molecule has 0 aliphatic heterocycles. The molecule has 0 bridgehead atoms. The molecule has 25 heavy (non-hydrogen) atoms. The normalized spacial score (nSPS) is 16.1. The fraction of sp³-hybridized carbons (Fsp3) is 0.227. The van der Waals surface area contributed by atoms with Crippen molar-refractivity contribution >= 4 is 5.91 Å². The van der Waals surface area contributed by atoms with Crippen molar-refractivity contribution in [2.24, 2.45) is 0 Å². The van der Waals surface area contributed by atoms with Gasteiger partial charge < -0.3 is 10.5 Å². The summed E-state index contributed by atoms with van der Waals surface area (Å²) >= 11 is 0. The van der Waals surface area contributed by atoms with Crippen molar-refractivity contribution in [3.8, 4) is 0 Å². The van der Waals surface area contributed by atoms with E-state index in [0.717, 1.165) is 6.08 Å². The molecule has 1 aromatic carbocycles. The number of nitrogens with one attached hydrogen (secondary N) is 1. The summed E-state index contributed by atoms with van der Waals surface area (Å²) in [4.78, 5) is 9.36. The maximum absolute atomic E-state index is 9.36. The van der Waals surface area contributed by atoms with Crippen molar-refractivity contribution in [3.63, 3.8) is 0 Å². The number of hydrogen-bond acceptors (Lipinski definition) is 1. The second-order valence-electron chi connectivity index (χ2n) is 5.51. The number of carbonyl (C=O) groups excluding carboxylic acids is 1. The van der Waals surface area contributed by atoms with Crippen molar-refractivity contribution in [1.82, 2.24) is 0 Å². The maximum Gasteiger partial charge on any atom is 3.00 e. The summed E-state index contributed by atoms with van der Waals surface area (Å²) in [5.74, 6) is 6.61. The summed E-state index contributed by atoms with van der Waals surface area (Å²) in [6, 6.07) is 10.1. The number of rotatable bonds is 3. The Labute approximate surface area is 169 Å². The van der Waals surface area contributed by atoms with Crippen molar-refractivity contribution in [1.29, 1.82) is 0 Å². The van der Waals surface area contributed by atoms with Gasteiger partial charge in [0.25, 0.3) is 0 Å². The summed E-state index contributed by atoms with van der Waals surface area (Å²) < 4.78 is 0. The molecule has 1 amide bonds. The van der Waals surface area contributed by atoms with Crippen LogP contribution in [0.1, 0.15) is 40.2 Å². The first kappa shape index (κ1) is 26.3. The average molecular weight is 515 g/mol. The summed E-state index contributed by atoms with van der Waals surface area (Å²) in [6.45, 7) is 17.6. The molecule has 1 aliphatic rings. The molecule has 2 rings (SSSR count). The van der Waals surface area contributed by atoms with Gasteiger partial charge in [-0.15, -0.1) is 0 Å². The Balaban J connectivity index is 0. The van der Waals surface area contributed by atoms with E-state index in [2.05, 4.69) is 48.1 Å². The SMILES string of the molecule is C=CC([NH-])=O.C[C]1[C](C)[C](C)[C](C)[C]1C.[CH2][CH][CH]c1ccccc1.[Ir+3]. The molecule has 1 fully saturated rings. The molecule has 1 N–H and O–H groups in total. The van der Waals surface area contributed by atoms with Crippen LogP contribution in [0.4, 0.5) is 0 Å². The van der Waals surface area contributed by atoms with Crippen LogP contribution >= 0.6 is 0 Å². The van der Waals surface area contributed by atoms with Gasteiger partial charge in [-0.2, -0.15) is 0 Å². The predicted octanol–water partition coefficient (Wildman–Crippen LogP) is 6.00. The molecule has 1 aliphatic carbocycles. The van der Waals surface area contributed by atoms with Crippen LogP contribution in [-0.4, -0.2) is 5.91 Å². The summed E-state index contributed by atoms with van der Waals surface area (Å²) in [5.41, 5.74) is 7.27. The van der Waals surface area contributed by atoms with Crippen LogP contribution in [0, 0.1) is 49.4 Å². The Morgan fingerprint density at radius 2 is 1.20 bits per heavy atom. The minimum atomic E-state index is -0.731. The van der Waals surface area contributed by atoms with E-state index in [9.17, 15) is 4.79 Å². The van der Waals surface area contributed by atoms with Crippen LogP contribution < -0.4 is 0 Å². The monoisotopic (exact) mass is 515 g/mol. The Kier molecular flexibility index (Phi) is 15.0. The van der Waals surface area contributed by atoms with Crippen LogP contribution in [0.2, 0.25) is 0 Å². The summed E-state index contributed by atoms with van der Waals surface area (Å²) in [7, 11) is 0. The van der Waals surface area contributed by atoms with E-state index in [1.807, 2.05) is 36.8 Å². The Bertz CT molecular complexity index is 429. The van der Waals surface area contributed by atoms with E-state index in [4.69, 9.17) is 5.73 Å². The van der Waals surface area contributed by atoms with E-state index < -0.39 is 5.91 Å². The quantitative estimate of drug-likeness (QED) is 0.456. The van der Waals surface area contributed by atoms with Gasteiger partial charge in [-0.3, -0.25) is 0 Å². The zero-order valence-electron chi connectivity index (χ0n) is 15.8. The van der Waals surface area contributed by atoms with Crippen LogP contribution in [0.3, 0.4) is 0 Å². The van der Waals surface area contributed by atoms with E-state index >= 15 is 0 Å². The Morgan fingerprint density at radius 3 is 1.44 bits per heavy atom. The molecule has 0 saturated heterocycles. The van der Waals surface area contributed by atoms with Crippen molar-refractivity contribution < 1.29 is 24.9 Å². The first-order valence-corrected chi connectivity index (χ1v) is 7.84. The molecule has 0 heterocycles. The van der Waals surface area contributed by atoms with Gasteiger partial charge in [0.15, 0.2) is 0 Å². The number of carbonyl (C=O) groups is 1. The molecule has 1 aromatic rings. The molecular formula is C22H28IrNO+2. The first-order chi connectivity index (χ1) is 11.3. The molecule has 1 saturated carbocycles. The zero-order valence-corrected chi connectivity index (χ0v) is 18.2. The third kappa shape index (κ3) is 9.97. The number of benzene rings is 1. The fourth-order valence-corrected chi connectivity index (χ4v) is 2.11. The molecule has 0 atom stereocenters. The third-order valence-corrected chi connectivity index (χ3v) is 4.11. The molecule has 0 spiro atoms. The van der Waals surface area contributed by atoms with E-state index in [0.29, 0.717) is 0 Å². The van der Waals surface area contributed by atoms with E-state index in [1.165, 1.54) is 35.2 Å². The summed E-state index contributed by atoms with van der Waals surface area (Å²) in [6.07, 6.45) is 4.70. The number of amides is 1. The van der Waals surface area contributed by atoms with Gasteiger partial charge in [0.2, 0.25) is 0 Å². The van der Waals surface area contributed by atoms with E-state index in [-0.39, 0.29) is 20.1 Å². The van der Waals surface area contributed by atoms with Crippen LogP contribution in [0.25, 0.3) is 5.73 Å². The van der Waals surface area contributed by atoms with Crippen LogP contribution in [0.5, 0.6) is 0 Å². The summed E-state index contributed by atoms with van der Waals surface area (Å²) in [5, 5.41) is 0. The van der Waals surface area contributed by atoms with Crippen molar-refractivity contribution in [2.45, 2.75) is 34.6 Å². The van der Waals surface area contributed by atoms with Gasteiger partial charge in [0.1, 0.15) is 0 Å². The third-order valence-electron chi connectivity index (χ3n) is 4.11. The van der Waals surface area contributed by atoms with E-state index in [1.54, 1.807) is 6.42 Å². The Hall–Kier alpha value is -0.921. The van der Waals surface area contributed by atoms with Gasteiger partial charge in [-0.25, -0.2) is 0 Å². The topological polar surface area (TPSA) is 40.9 Å². The Morgan fingerprint density at radius 1 is 0.880 bits per heavy atom. The molecular weight excluding hydrogens is 486 g/mol. The molecule has 0 unspecified atom stereocenters. The van der Waals surface area contributed by atoms with Gasteiger partial charge >= 0.3 is 20.1 Å². The standard InChI is InChI=1S/C10H15.C9H9.C3H5NO.Ir/c1-6-7(2)9(4)10(5)8(6)3;1-2-6-9-7-4-3-5-8-9;1-2-3(4)5;/h1-5H3;2-8H,1H2;2H,1H2,(H2,4,5);/q;;;+3/p-1. The molecule has 0 aromatic heterocycles. The zero-order chi connectivity index (χ0) is 18.7. The predicted molar refractivity (Wildman–Crippen MR) is 104 cm³/mol. The second kappa shape index (κ2) is 14.3. The smallest absolute Gasteiger partial charge is 0.664 e. The van der Waals surface area contributed by atoms with Crippen molar-refractivity contribution in [3.05, 3.63) is 104 Å². The second-order valence-corrected chi connectivity index (χ2v) is 5.51. The largest absolute Gasteiger partial charge is 3.00 e. The van der Waals surface area contributed by atoms with Crippen molar-refractivity contribution in [2.75, 3.05) is 0 Å². The molecule has 8 radical (unpaired) electrons. The number of hydrogen-bond donors (Lipinski definition) is 0. The van der Waals surface area contributed by atoms with Crippen LogP contribution in [0.15, 0.2) is 43.0 Å². The molecule has 134 valence electrons. The van der Waals surface area contributed by atoms with Gasteiger partial charge in [0.05, 0.1) is 5.91 Å². The maximum atomic E-state index is 9.36. The molecule has 2 nitrogen and oxygen atoms in total. The van der Waals surface area contributed by atoms with Gasteiger partial charge in [-0.05, 0) is 61.0 Å². The first-order valence-electron chi connectivity index (χ1n) is 7.84.